The molecule has 1 amide bonds. The molecule has 1 aliphatic rings. The molecule has 152 valence electrons. The first kappa shape index (κ1) is 20.4. The number of hydrogen-bond acceptors (Lipinski definition) is 7. The summed E-state index contributed by atoms with van der Waals surface area (Å²) >= 11 is 0. The summed E-state index contributed by atoms with van der Waals surface area (Å²) < 4.78 is 21.4. The van der Waals surface area contributed by atoms with E-state index < -0.39 is 12.0 Å². The van der Waals surface area contributed by atoms with E-state index in [1.54, 1.807) is 29.2 Å². The Morgan fingerprint density at radius 2 is 1.93 bits per heavy atom. The molecule has 0 unspecified atom stereocenters. The second kappa shape index (κ2) is 9.22. The van der Waals surface area contributed by atoms with Gasteiger partial charge in [-0.15, -0.1) is 0 Å². The van der Waals surface area contributed by atoms with E-state index in [2.05, 4.69) is 5.32 Å². The zero-order valence-corrected chi connectivity index (χ0v) is 16.2. The van der Waals surface area contributed by atoms with Crippen molar-refractivity contribution in [3.8, 4) is 0 Å². The lowest BCUT2D eigenvalue weighted by Crippen LogP contribution is -2.54. The molecule has 1 aliphatic heterocycles. The van der Waals surface area contributed by atoms with Crippen LogP contribution >= 0.6 is 0 Å². The van der Waals surface area contributed by atoms with Gasteiger partial charge in [0.2, 0.25) is 6.29 Å². The van der Waals surface area contributed by atoms with Crippen molar-refractivity contribution in [1.82, 2.24) is 10.2 Å². The van der Waals surface area contributed by atoms with Crippen LogP contribution in [0.15, 0.2) is 71.0 Å². The fraction of sp³-hybridized carbons (Fsp3) is 0.238. The number of nitrogens with zero attached hydrogens (tertiary/aromatic N) is 1. The molecule has 8 heteroatoms. The summed E-state index contributed by atoms with van der Waals surface area (Å²) in [5.41, 5.74) is 1.94. The number of methoxy groups -OCH3 is 2. The van der Waals surface area contributed by atoms with Gasteiger partial charge in [-0.2, -0.15) is 0 Å². The summed E-state index contributed by atoms with van der Waals surface area (Å²) in [6.45, 7) is 0.263. The molecule has 0 fully saturated rings. The molecule has 1 N–H and O–H groups in total. The number of allylic oxidation sites excluding steroid dienone is 2. The molecule has 0 spiro atoms. The topological polar surface area (TPSA) is 90.2 Å². The quantitative estimate of drug-likeness (QED) is 0.540. The van der Waals surface area contributed by atoms with Gasteiger partial charge >= 0.3 is 12.0 Å². The van der Waals surface area contributed by atoms with Crippen LogP contribution in [0.25, 0.3) is 5.70 Å². The highest BCUT2D eigenvalue weighted by Gasteiger charge is 2.41. The molecular weight excluding hydrogens is 376 g/mol. The van der Waals surface area contributed by atoms with E-state index in [-0.39, 0.29) is 13.2 Å². The number of carbonyl (C=O) groups excluding carboxylic acids is 2. The molecule has 8 nitrogen and oxygen atoms in total. The Balaban J connectivity index is 1.76. The van der Waals surface area contributed by atoms with E-state index in [9.17, 15) is 9.59 Å². The molecule has 2 heterocycles. The number of furan rings is 1. The smallest absolute Gasteiger partial charge is 0.411 e. The standard InChI is InChI=1S/C21H22N2O6/c1-26-21(15-24,27-2)23-13-17(10-11-18(23)19-9-6-12-28-19)22-20(25)29-14-16-7-4-3-5-8-16/h3-12,15H,13-14H2,1-2H3,(H,22,25). The number of nitrogens with one attached hydrogen (secondary N) is 1. The van der Waals surface area contributed by atoms with Gasteiger partial charge in [0.25, 0.3) is 0 Å². The first-order valence-corrected chi connectivity index (χ1v) is 8.88. The fourth-order valence-electron chi connectivity index (χ4n) is 2.93. The van der Waals surface area contributed by atoms with E-state index in [1.165, 1.54) is 20.5 Å². The molecule has 0 saturated carbocycles. The second-order valence-corrected chi connectivity index (χ2v) is 6.15. The van der Waals surface area contributed by atoms with Gasteiger partial charge in [-0.25, -0.2) is 4.79 Å². The Kier molecular flexibility index (Phi) is 6.48. The SMILES string of the molecule is COC(C=O)(OC)N1CC(NC(=O)OCc2ccccc2)=CC=C1c1ccco1. The number of carbonyl (C=O) groups is 2. The predicted octanol–water partition coefficient (Wildman–Crippen LogP) is 2.89. The van der Waals surface area contributed by atoms with Gasteiger partial charge in [-0.1, -0.05) is 30.3 Å². The van der Waals surface area contributed by atoms with Crippen molar-refractivity contribution < 1.29 is 28.2 Å². The van der Waals surface area contributed by atoms with Gasteiger partial charge in [0.05, 0.1) is 18.5 Å². The Labute approximate surface area is 168 Å². The monoisotopic (exact) mass is 398 g/mol. The van der Waals surface area contributed by atoms with Crippen LogP contribution in [0.1, 0.15) is 11.3 Å². The molecule has 0 atom stereocenters. The van der Waals surface area contributed by atoms with E-state index in [0.717, 1.165) is 5.56 Å². The minimum Gasteiger partial charge on any atom is -0.463 e. The Morgan fingerprint density at radius 1 is 1.17 bits per heavy atom. The molecule has 2 aromatic rings. The largest absolute Gasteiger partial charge is 0.463 e. The zero-order valence-electron chi connectivity index (χ0n) is 16.2. The minimum atomic E-state index is -1.69. The molecule has 29 heavy (non-hydrogen) atoms. The molecular formula is C21H22N2O6. The van der Waals surface area contributed by atoms with Crippen molar-refractivity contribution in [1.29, 1.82) is 0 Å². The van der Waals surface area contributed by atoms with Crippen molar-refractivity contribution >= 4 is 18.1 Å². The molecule has 0 bridgehead atoms. The van der Waals surface area contributed by atoms with E-state index in [4.69, 9.17) is 18.6 Å². The first-order chi connectivity index (χ1) is 14.1. The Hall–Kier alpha value is -3.36. The first-order valence-electron chi connectivity index (χ1n) is 8.88. The Morgan fingerprint density at radius 3 is 2.55 bits per heavy atom. The number of benzene rings is 1. The molecule has 1 aromatic heterocycles. The van der Waals surface area contributed by atoms with E-state index >= 15 is 0 Å². The molecule has 0 saturated heterocycles. The maximum Gasteiger partial charge on any atom is 0.411 e. The highest BCUT2D eigenvalue weighted by molar-refractivity contribution is 5.73. The van der Waals surface area contributed by atoms with Crippen LogP contribution in [0, 0.1) is 0 Å². The minimum absolute atomic E-state index is 0.118. The molecule has 1 aromatic carbocycles. The van der Waals surface area contributed by atoms with Crippen LogP contribution < -0.4 is 5.32 Å². The summed E-state index contributed by atoms with van der Waals surface area (Å²) in [5, 5.41) is 2.69. The van der Waals surface area contributed by atoms with Gasteiger partial charge in [0.15, 0.2) is 0 Å². The number of rotatable bonds is 8. The van der Waals surface area contributed by atoms with Gasteiger partial charge in [-0.05, 0) is 29.8 Å². The summed E-state index contributed by atoms with van der Waals surface area (Å²) in [7, 11) is 2.72. The second-order valence-electron chi connectivity index (χ2n) is 6.15. The fourth-order valence-corrected chi connectivity index (χ4v) is 2.93. The average molecular weight is 398 g/mol. The van der Waals surface area contributed by atoms with Gasteiger partial charge in [-0.3, -0.25) is 10.1 Å². The van der Waals surface area contributed by atoms with Crippen molar-refractivity contribution in [2.45, 2.75) is 12.5 Å². The van der Waals surface area contributed by atoms with Crippen molar-refractivity contribution in [3.05, 3.63) is 77.9 Å². The number of aldehydes is 1. The van der Waals surface area contributed by atoms with E-state index in [0.29, 0.717) is 23.4 Å². The van der Waals surface area contributed by atoms with Crippen molar-refractivity contribution in [3.63, 3.8) is 0 Å². The number of alkyl carbamates (subject to hydrolysis) is 1. The summed E-state index contributed by atoms with van der Waals surface area (Å²) in [4.78, 5) is 25.6. The Bertz CT molecular complexity index is 885. The van der Waals surface area contributed by atoms with Crippen LogP contribution in [0.4, 0.5) is 4.79 Å². The lowest BCUT2D eigenvalue weighted by atomic mass is 10.1. The molecule has 3 rings (SSSR count). The van der Waals surface area contributed by atoms with Crippen LogP contribution in [-0.4, -0.2) is 44.0 Å². The van der Waals surface area contributed by atoms with Crippen LogP contribution in [0.2, 0.25) is 0 Å². The van der Waals surface area contributed by atoms with Crippen LogP contribution in [-0.2, 0) is 25.6 Å². The maximum absolute atomic E-state index is 12.2. The number of ether oxygens (including phenoxy) is 3. The number of hydrogen-bond donors (Lipinski definition) is 1. The third-order valence-electron chi connectivity index (χ3n) is 4.42. The summed E-state index contributed by atoms with van der Waals surface area (Å²) in [6.07, 6.45) is 4.86. The van der Waals surface area contributed by atoms with Crippen LogP contribution in [0.3, 0.4) is 0 Å². The third kappa shape index (κ3) is 4.56. The zero-order chi connectivity index (χ0) is 20.7. The van der Waals surface area contributed by atoms with Crippen molar-refractivity contribution in [2.75, 3.05) is 20.8 Å². The van der Waals surface area contributed by atoms with Gasteiger partial charge < -0.3 is 23.5 Å². The normalized spacial score (nSPS) is 14.1. The molecule has 0 radical (unpaired) electrons. The van der Waals surface area contributed by atoms with Gasteiger partial charge in [0, 0.05) is 19.9 Å². The predicted molar refractivity (Wildman–Crippen MR) is 104 cm³/mol. The van der Waals surface area contributed by atoms with Gasteiger partial charge in [0.1, 0.15) is 12.4 Å². The van der Waals surface area contributed by atoms with Crippen molar-refractivity contribution in [2.24, 2.45) is 0 Å². The highest BCUT2D eigenvalue weighted by Crippen LogP contribution is 2.31. The maximum atomic E-state index is 12.2. The van der Waals surface area contributed by atoms with E-state index in [1.807, 2.05) is 30.3 Å². The van der Waals surface area contributed by atoms with Crippen LogP contribution in [0.5, 0.6) is 0 Å². The average Bonchev–Trinajstić information content (AvgIpc) is 3.30. The summed E-state index contributed by atoms with van der Waals surface area (Å²) in [6, 6.07) is 12.8. The third-order valence-corrected chi connectivity index (χ3v) is 4.42. The molecule has 0 aliphatic carbocycles. The lowest BCUT2D eigenvalue weighted by Gasteiger charge is -2.40. The number of amides is 1. The summed E-state index contributed by atoms with van der Waals surface area (Å²) in [5.74, 6) is -1.17. The lowest BCUT2D eigenvalue weighted by molar-refractivity contribution is -0.250. The highest BCUT2D eigenvalue weighted by atomic mass is 16.7.